The molecule has 2 N–H and O–H groups in total. The molecule has 0 spiro atoms. The van der Waals surface area contributed by atoms with Crippen molar-refractivity contribution in [2.24, 2.45) is 5.92 Å². The molecular weight excluding hydrogens is 242 g/mol. The van der Waals surface area contributed by atoms with Crippen LogP contribution in [-0.4, -0.2) is 0 Å². The fourth-order valence-electron chi connectivity index (χ4n) is 3.00. The van der Waals surface area contributed by atoms with Crippen LogP contribution in [0, 0.1) is 5.92 Å². The Morgan fingerprint density at radius 1 is 1.00 bits per heavy atom. The molecule has 1 nitrogen and oxygen atoms in total. The van der Waals surface area contributed by atoms with Crippen molar-refractivity contribution < 1.29 is 0 Å². The van der Waals surface area contributed by atoms with Crippen molar-refractivity contribution in [3.63, 3.8) is 0 Å². The van der Waals surface area contributed by atoms with Crippen molar-refractivity contribution >= 4 is 5.69 Å². The third-order valence-corrected chi connectivity index (χ3v) is 4.29. The highest BCUT2D eigenvalue weighted by molar-refractivity contribution is 5.41. The summed E-state index contributed by atoms with van der Waals surface area (Å²) in [7, 11) is 0. The van der Waals surface area contributed by atoms with Crippen LogP contribution in [0.25, 0.3) is 0 Å². The number of hydrogen-bond acceptors (Lipinski definition) is 1. The Morgan fingerprint density at radius 3 is 2.40 bits per heavy atom. The predicted molar refractivity (Wildman–Crippen MR) is 91.0 cm³/mol. The molecule has 0 fully saturated rings. The molecule has 0 amide bonds. The third kappa shape index (κ3) is 6.98. The maximum absolute atomic E-state index is 5.87. The molecule has 0 aliphatic carbocycles. The lowest BCUT2D eigenvalue weighted by molar-refractivity contribution is 0.428. The van der Waals surface area contributed by atoms with Crippen molar-refractivity contribution in [1.82, 2.24) is 0 Å². The zero-order chi connectivity index (χ0) is 14.8. The number of nitrogen functional groups attached to an aromatic ring is 1. The molecule has 0 aliphatic heterocycles. The largest absolute Gasteiger partial charge is 0.399 e. The number of unbranched alkanes of at least 4 members (excludes halogenated alkanes) is 5. The second-order valence-corrected chi connectivity index (χ2v) is 6.47. The van der Waals surface area contributed by atoms with E-state index < -0.39 is 0 Å². The summed E-state index contributed by atoms with van der Waals surface area (Å²) in [6.45, 7) is 7.00. The summed E-state index contributed by atoms with van der Waals surface area (Å²) < 4.78 is 0. The van der Waals surface area contributed by atoms with E-state index in [1.54, 1.807) is 0 Å². The molecule has 1 heteroatoms. The van der Waals surface area contributed by atoms with E-state index in [2.05, 4.69) is 39.0 Å². The fraction of sp³-hybridized carbons (Fsp3) is 0.684. The Labute approximate surface area is 126 Å². The van der Waals surface area contributed by atoms with Crippen LogP contribution in [-0.2, 0) is 0 Å². The number of anilines is 1. The average molecular weight is 275 g/mol. The van der Waals surface area contributed by atoms with Crippen molar-refractivity contribution in [1.29, 1.82) is 0 Å². The number of nitrogens with two attached hydrogens (primary N) is 1. The first-order valence-electron chi connectivity index (χ1n) is 8.49. The fourth-order valence-corrected chi connectivity index (χ4v) is 3.00. The highest BCUT2D eigenvalue weighted by Crippen LogP contribution is 2.27. The van der Waals surface area contributed by atoms with Gasteiger partial charge in [0.1, 0.15) is 0 Å². The molecule has 0 aromatic heterocycles. The van der Waals surface area contributed by atoms with E-state index in [4.69, 9.17) is 5.73 Å². The van der Waals surface area contributed by atoms with Crippen LogP contribution in [0.1, 0.15) is 83.6 Å². The van der Waals surface area contributed by atoms with Crippen LogP contribution >= 0.6 is 0 Å². The number of benzene rings is 1. The minimum absolute atomic E-state index is 0.619. The molecular formula is C19H33N. The van der Waals surface area contributed by atoms with E-state index in [1.165, 1.54) is 56.9 Å². The van der Waals surface area contributed by atoms with Gasteiger partial charge < -0.3 is 5.73 Å². The second-order valence-electron chi connectivity index (χ2n) is 6.47. The van der Waals surface area contributed by atoms with Gasteiger partial charge in [0.2, 0.25) is 0 Å². The molecule has 0 aliphatic rings. The number of hydrogen-bond donors (Lipinski definition) is 1. The quantitative estimate of drug-likeness (QED) is 0.402. The van der Waals surface area contributed by atoms with E-state index in [0.29, 0.717) is 5.92 Å². The molecule has 0 heterocycles. The van der Waals surface area contributed by atoms with Crippen molar-refractivity contribution in [3.8, 4) is 0 Å². The lowest BCUT2D eigenvalue weighted by Crippen LogP contribution is -2.03. The Bertz CT molecular complexity index is 359. The average Bonchev–Trinajstić information content (AvgIpc) is 2.42. The van der Waals surface area contributed by atoms with Gasteiger partial charge in [-0.3, -0.25) is 0 Å². The Balaban J connectivity index is 2.19. The van der Waals surface area contributed by atoms with Gasteiger partial charge in [0.15, 0.2) is 0 Å². The van der Waals surface area contributed by atoms with Gasteiger partial charge in [-0.05, 0) is 36.0 Å². The molecule has 20 heavy (non-hydrogen) atoms. The smallest absolute Gasteiger partial charge is 0.0316 e. The first-order valence-corrected chi connectivity index (χ1v) is 8.49. The monoisotopic (exact) mass is 275 g/mol. The highest BCUT2D eigenvalue weighted by Gasteiger charge is 2.10. The molecule has 1 rings (SSSR count). The maximum Gasteiger partial charge on any atom is 0.0316 e. The molecule has 1 aromatic carbocycles. The zero-order valence-electron chi connectivity index (χ0n) is 13.7. The van der Waals surface area contributed by atoms with Crippen LogP contribution in [0.3, 0.4) is 0 Å². The van der Waals surface area contributed by atoms with Gasteiger partial charge in [0.25, 0.3) is 0 Å². The van der Waals surface area contributed by atoms with Crippen LogP contribution in [0.4, 0.5) is 5.69 Å². The van der Waals surface area contributed by atoms with Gasteiger partial charge in [-0.1, -0.05) is 77.8 Å². The van der Waals surface area contributed by atoms with E-state index in [-0.39, 0.29) is 0 Å². The highest BCUT2D eigenvalue weighted by atomic mass is 14.5. The van der Waals surface area contributed by atoms with Gasteiger partial charge >= 0.3 is 0 Å². The summed E-state index contributed by atoms with van der Waals surface area (Å²) in [5.41, 5.74) is 8.14. The maximum atomic E-state index is 5.87. The molecule has 0 saturated carbocycles. The third-order valence-electron chi connectivity index (χ3n) is 4.29. The summed E-state index contributed by atoms with van der Waals surface area (Å²) in [6, 6.07) is 8.37. The molecule has 2 unspecified atom stereocenters. The lowest BCUT2D eigenvalue weighted by Gasteiger charge is -2.18. The Kier molecular flexibility index (Phi) is 8.41. The van der Waals surface area contributed by atoms with Gasteiger partial charge in [-0.15, -0.1) is 0 Å². The van der Waals surface area contributed by atoms with Crippen LogP contribution in [0.5, 0.6) is 0 Å². The van der Waals surface area contributed by atoms with Gasteiger partial charge in [0.05, 0.1) is 0 Å². The SMILES string of the molecule is CCCCCCCCC(C)CC(C)c1cccc(N)c1. The minimum Gasteiger partial charge on any atom is -0.399 e. The van der Waals surface area contributed by atoms with Crippen LogP contribution in [0.15, 0.2) is 24.3 Å². The molecule has 0 saturated heterocycles. The van der Waals surface area contributed by atoms with Gasteiger partial charge in [-0.2, -0.15) is 0 Å². The van der Waals surface area contributed by atoms with Crippen LogP contribution < -0.4 is 5.73 Å². The summed E-state index contributed by atoms with van der Waals surface area (Å²) in [6.07, 6.45) is 11.1. The summed E-state index contributed by atoms with van der Waals surface area (Å²) in [5, 5.41) is 0. The molecule has 0 radical (unpaired) electrons. The van der Waals surface area contributed by atoms with E-state index in [1.807, 2.05) is 6.07 Å². The van der Waals surface area contributed by atoms with Gasteiger partial charge in [-0.25, -0.2) is 0 Å². The summed E-state index contributed by atoms with van der Waals surface area (Å²) in [5.74, 6) is 1.44. The first-order chi connectivity index (χ1) is 9.63. The first kappa shape index (κ1) is 17.1. The molecule has 2 atom stereocenters. The van der Waals surface area contributed by atoms with E-state index in [9.17, 15) is 0 Å². The number of rotatable bonds is 10. The normalized spacial score (nSPS) is 14.2. The van der Waals surface area contributed by atoms with Crippen molar-refractivity contribution in [2.75, 3.05) is 5.73 Å². The lowest BCUT2D eigenvalue weighted by atomic mass is 9.88. The van der Waals surface area contributed by atoms with Crippen molar-refractivity contribution in [3.05, 3.63) is 29.8 Å². The van der Waals surface area contributed by atoms with E-state index >= 15 is 0 Å². The zero-order valence-corrected chi connectivity index (χ0v) is 13.7. The molecule has 1 aromatic rings. The topological polar surface area (TPSA) is 26.0 Å². The molecule has 114 valence electrons. The summed E-state index contributed by atoms with van der Waals surface area (Å²) >= 11 is 0. The van der Waals surface area contributed by atoms with E-state index in [0.717, 1.165) is 11.6 Å². The summed E-state index contributed by atoms with van der Waals surface area (Å²) in [4.78, 5) is 0. The van der Waals surface area contributed by atoms with Crippen LogP contribution in [0.2, 0.25) is 0 Å². The predicted octanol–water partition coefficient (Wildman–Crippen LogP) is 6.15. The standard InChI is InChI=1S/C19H33N/c1-4-5-6-7-8-9-11-16(2)14-17(3)18-12-10-13-19(20)15-18/h10,12-13,15-17H,4-9,11,14,20H2,1-3H3. The Hall–Kier alpha value is -0.980. The second kappa shape index (κ2) is 9.85. The molecule has 0 bridgehead atoms. The Morgan fingerprint density at radius 2 is 1.70 bits per heavy atom. The minimum atomic E-state index is 0.619. The van der Waals surface area contributed by atoms with Gasteiger partial charge in [0, 0.05) is 5.69 Å². The van der Waals surface area contributed by atoms with Crippen molar-refractivity contribution in [2.45, 2.75) is 78.1 Å².